The first-order chi connectivity index (χ1) is 5.57. The van der Waals surface area contributed by atoms with Crippen molar-refractivity contribution in [2.75, 3.05) is 13.2 Å². The van der Waals surface area contributed by atoms with E-state index in [1.807, 2.05) is 13.8 Å². The van der Waals surface area contributed by atoms with Crippen LogP contribution in [0.1, 0.15) is 20.3 Å². The van der Waals surface area contributed by atoms with Gasteiger partial charge < -0.3 is 10.4 Å². The van der Waals surface area contributed by atoms with Crippen molar-refractivity contribution in [3.8, 4) is 0 Å². The lowest BCUT2D eigenvalue weighted by Crippen LogP contribution is -2.37. The van der Waals surface area contributed by atoms with Gasteiger partial charge >= 0.3 is 0 Å². The molecule has 1 atom stereocenters. The van der Waals surface area contributed by atoms with Crippen LogP contribution in [0, 0.1) is 5.92 Å². The molecule has 0 aliphatic carbocycles. The summed E-state index contributed by atoms with van der Waals surface area (Å²) < 4.78 is 23.5. The highest BCUT2D eigenvalue weighted by atomic mass is 19.3. The van der Waals surface area contributed by atoms with Crippen LogP contribution in [0.3, 0.4) is 0 Å². The van der Waals surface area contributed by atoms with E-state index in [9.17, 15) is 8.78 Å². The SMILES string of the molecule is CC(C)C(CCO)NCC(F)F. The van der Waals surface area contributed by atoms with E-state index in [0.29, 0.717) is 6.42 Å². The first kappa shape index (κ1) is 11.8. The van der Waals surface area contributed by atoms with Crippen molar-refractivity contribution in [3.05, 3.63) is 0 Å². The molecule has 0 saturated heterocycles. The standard InChI is InChI=1S/C8H17F2NO/c1-6(2)7(3-4-12)11-5-8(9)10/h6-8,11-12H,3-5H2,1-2H3. The van der Waals surface area contributed by atoms with Crippen LogP contribution in [-0.4, -0.2) is 30.7 Å². The van der Waals surface area contributed by atoms with Crippen LogP contribution in [0.2, 0.25) is 0 Å². The lowest BCUT2D eigenvalue weighted by molar-refractivity contribution is 0.133. The minimum Gasteiger partial charge on any atom is -0.396 e. The van der Waals surface area contributed by atoms with E-state index in [-0.39, 0.29) is 25.1 Å². The molecule has 4 heteroatoms. The quantitative estimate of drug-likeness (QED) is 0.646. The van der Waals surface area contributed by atoms with Gasteiger partial charge in [-0.1, -0.05) is 13.8 Å². The second-order valence-electron chi connectivity index (χ2n) is 3.16. The number of nitrogens with one attached hydrogen (secondary N) is 1. The Morgan fingerprint density at radius 1 is 1.33 bits per heavy atom. The maximum Gasteiger partial charge on any atom is 0.250 e. The summed E-state index contributed by atoms with van der Waals surface area (Å²) in [5.74, 6) is 0.274. The topological polar surface area (TPSA) is 32.3 Å². The van der Waals surface area contributed by atoms with Gasteiger partial charge in [-0.25, -0.2) is 8.78 Å². The molecule has 2 nitrogen and oxygen atoms in total. The third kappa shape index (κ3) is 5.43. The summed E-state index contributed by atoms with van der Waals surface area (Å²) in [7, 11) is 0. The van der Waals surface area contributed by atoms with Crippen LogP contribution in [0.4, 0.5) is 8.78 Å². The lowest BCUT2D eigenvalue weighted by Gasteiger charge is -2.21. The smallest absolute Gasteiger partial charge is 0.250 e. The molecule has 0 radical (unpaired) electrons. The Balaban J connectivity index is 3.63. The van der Waals surface area contributed by atoms with Crippen molar-refractivity contribution >= 4 is 0 Å². The molecule has 2 N–H and O–H groups in total. The Hall–Kier alpha value is -0.220. The highest BCUT2D eigenvalue weighted by Gasteiger charge is 2.13. The van der Waals surface area contributed by atoms with Crippen molar-refractivity contribution in [3.63, 3.8) is 0 Å². The van der Waals surface area contributed by atoms with Crippen LogP contribution in [-0.2, 0) is 0 Å². The van der Waals surface area contributed by atoms with Crippen molar-refractivity contribution in [1.29, 1.82) is 0 Å². The fraction of sp³-hybridized carbons (Fsp3) is 1.00. The molecule has 12 heavy (non-hydrogen) atoms. The van der Waals surface area contributed by atoms with Crippen LogP contribution in [0.15, 0.2) is 0 Å². The van der Waals surface area contributed by atoms with Gasteiger partial charge in [0, 0.05) is 12.6 Å². The van der Waals surface area contributed by atoms with Crippen LogP contribution < -0.4 is 5.32 Å². The predicted molar refractivity (Wildman–Crippen MR) is 44.3 cm³/mol. The van der Waals surface area contributed by atoms with Gasteiger partial charge in [-0.05, 0) is 12.3 Å². The van der Waals surface area contributed by atoms with Gasteiger partial charge in [-0.2, -0.15) is 0 Å². The number of alkyl halides is 2. The van der Waals surface area contributed by atoms with Crippen molar-refractivity contribution in [1.82, 2.24) is 5.32 Å². The average molecular weight is 181 g/mol. The van der Waals surface area contributed by atoms with Gasteiger partial charge in [0.2, 0.25) is 0 Å². The summed E-state index contributed by atoms with van der Waals surface area (Å²) in [6, 6.07) is -0.0102. The fourth-order valence-corrected chi connectivity index (χ4v) is 1.05. The van der Waals surface area contributed by atoms with E-state index in [1.54, 1.807) is 0 Å². The van der Waals surface area contributed by atoms with E-state index >= 15 is 0 Å². The van der Waals surface area contributed by atoms with Gasteiger partial charge in [-0.3, -0.25) is 0 Å². The highest BCUT2D eigenvalue weighted by molar-refractivity contribution is 4.70. The third-order valence-electron chi connectivity index (χ3n) is 1.78. The molecule has 0 bridgehead atoms. The van der Waals surface area contributed by atoms with Gasteiger partial charge in [0.15, 0.2) is 0 Å². The lowest BCUT2D eigenvalue weighted by atomic mass is 10.0. The van der Waals surface area contributed by atoms with Gasteiger partial charge in [0.1, 0.15) is 0 Å². The minimum absolute atomic E-state index is 0.0102. The minimum atomic E-state index is -2.31. The largest absolute Gasteiger partial charge is 0.396 e. The number of aliphatic hydroxyl groups excluding tert-OH is 1. The van der Waals surface area contributed by atoms with Crippen molar-refractivity contribution in [2.24, 2.45) is 5.92 Å². The Morgan fingerprint density at radius 2 is 1.92 bits per heavy atom. The summed E-state index contributed by atoms with van der Waals surface area (Å²) in [5, 5.41) is 11.3. The van der Waals surface area contributed by atoms with Crippen LogP contribution in [0.25, 0.3) is 0 Å². The van der Waals surface area contributed by atoms with Crippen molar-refractivity contribution < 1.29 is 13.9 Å². The maximum atomic E-state index is 11.8. The molecule has 0 heterocycles. The Labute approximate surface area is 72.0 Å². The maximum absolute atomic E-state index is 11.8. The Morgan fingerprint density at radius 3 is 2.25 bits per heavy atom. The zero-order valence-electron chi connectivity index (χ0n) is 7.56. The molecule has 0 aromatic rings. The molecular weight excluding hydrogens is 164 g/mol. The summed E-state index contributed by atoms with van der Waals surface area (Å²) >= 11 is 0. The molecule has 0 aromatic carbocycles. The second kappa shape index (κ2) is 6.31. The molecule has 0 amide bonds. The molecule has 0 rings (SSSR count). The van der Waals surface area contributed by atoms with E-state index in [1.165, 1.54) is 0 Å². The van der Waals surface area contributed by atoms with Gasteiger partial charge in [-0.15, -0.1) is 0 Å². The highest BCUT2D eigenvalue weighted by Crippen LogP contribution is 2.05. The normalized spacial score (nSPS) is 14.2. The summed E-state index contributed by atoms with van der Waals surface area (Å²) in [6.45, 7) is 3.64. The summed E-state index contributed by atoms with van der Waals surface area (Å²) in [4.78, 5) is 0. The van der Waals surface area contributed by atoms with Crippen LogP contribution in [0.5, 0.6) is 0 Å². The Bertz CT molecular complexity index is 109. The third-order valence-corrected chi connectivity index (χ3v) is 1.78. The number of hydrogen-bond acceptors (Lipinski definition) is 2. The van der Waals surface area contributed by atoms with E-state index < -0.39 is 6.43 Å². The second-order valence-corrected chi connectivity index (χ2v) is 3.16. The zero-order chi connectivity index (χ0) is 9.56. The molecule has 0 aromatic heterocycles. The van der Waals surface area contributed by atoms with E-state index in [2.05, 4.69) is 5.32 Å². The summed E-state index contributed by atoms with van der Waals surface area (Å²) in [6.07, 6.45) is -1.78. The molecule has 0 saturated carbocycles. The molecule has 1 unspecified atom stereocenters. The number of halogens is 2. The van der Waals surface area contributed by atoms with Gasteiger partial charge in [0.25, 0.3) is 6.43 Å². The fourth-order valence-electron chi connectivity index (χ4n) is 1.05. The molecule has 0 aliphatic rings. The zero-order valence-corrected chi connectivity index (χ0v) is 7.56. The van der Waals surface area contributed by atoms with Gasteiger partial charge in [0.05, 0.1) is 6.54 Å². The number of hydrogen-bond donors (Lipinski definition) is 2. The molecule has 0 fully saturated rings. The first-order valence-electron chi connectivity index (χ1n) is 4.20. The van der Waals surface area contributed by atoms with E-state index in [0.717, 1.165) is 0 Å². The monoisotopic (exact) mass is 181 g/mol. The summed E-state index contributed by atoms with van der Waals surface area (Å²) in [5.41, 5.74) is 0. The number of rotatable bonds is 6. The van der Waals surface area contributed by atoms with Crippen LogP contribution >= 0.6 is 0 Å². The Kier molecular flexibility index (Phi) is 6.20. The van der Waals surface area contributed by atoms with Crippen molar-refractivity contribution in [2.45, 2.75) is 32.7 Å². The first-order valence-corrected chi connectivity index (χ1v) is 4.20. The number of aliphatic hydroxyl groups is 1. The molecular formula is C8H17F2NO. The molecule has 74 valence electrons. The average Bonchev–Trinajstić information content (AvgIpc) is 1.96. The van der Waals surface area contributed by atoms with E-state index in [4.69, 9.17) is 5.11 Å². The molecule has 0 aliphatic heterocycles. The molecule has 0 spiro atoms. The predicted octanol–water partition coefficient (Wildman–Crippen LogP) is 1.25.